The van der Waals surface area contributed by atoms with Gasteiger partial charge in [0.05, 0.1) is 11.5 Å². The highest BCUT2D eigenvalue weighted by molar-refractivity contribution is 5.32. The van der Waals surface area contributed by atoms with Crippen LogP contribution in [0.25, 0.3) is 12.7 Å². The highest BCUT2D eigenvalue weighted by Gasteiger charge is 1.85. The summed E-state index contributed by atoms with van der Waals surface area (Å²) in [5.41, 5.74) is 0. The van der Waals surface area contributed by atoms with Gasteiger partial charge in [-0.1, -0.05) is 19.2 Å². The van der Waals surface area contributed by atoms with E-state index < -0.39 is 0 Å². The molecule has 0 bridgehead atoms. The number of hydrogen-bond donors (Lipinski definition) is 0. The highest BCUT2D eigenvalue weighted by Crippen LogP contribution is 1.64. The number of allylic oxidation sites excluding steroid dienone is 1. The molecule has 0 N–H and O–H groups in total. The van der Waals surface area contributed by atoms with E-state index in [2.05, 4.69) is 18.3 Å². The molecule has 0 aliphatic carbocycles. The molecule has 0 spiro atoms. The summed E-state index contributed by atoms with van der Waals surface area (Å²) in [6, 6.07) is 0. The van der Waals surface area contributed by atoms with Crippen molar-refractivity contribution in [1.82, 2.24) is 9.78 Å². The van der Waals surface area contributed by atoms with Crippen molar-refractivity contribution in [3.8, 4) is 0 Å². The van der Waals surface area contributed by atoms with Crippen LogP contribution in [0.4, 0.5) is 0 Å². The lowest BCUT2D eigenvalue weighted by atomic mass is 10.4. The van der Waals surface area contributed by atoms with Gasteiger partial charge in [-0.05, 0) is 6.08 Å². The minimum absolute atomic E-state index is 0.933. The Morgan fingerprint density at radius 2 is 2.40 bits per heavy atom. The van der Waals surface area contributed by atoms with E-state index in [4.69, 9.17) is 0 Å². The molecule has 0 aliphatic heterocycles. The van der Waals surface area contributed by atoms with Crippen molar-refractivity contribution in [1.29, 1.82) is 0 Å². The molecule has 0 saturated carbocycles. The summed E-state index contributed by atoms with van der Waals surface area (Å²) in [6.07, 6.45) is 5.34. The summed E-state index contributed by atoms with van der Waals surface area (Å²) in [4.78, 5) is 0. The Kier molecular flexibility index (Phi) is 1.71. The van der Waals surface area contributed by atoms with Gasteiger partial charge in [0.2, 0.25) is 0 Å². The Balaban J connectivity index is 3.51. The molecule has 0 amide bonds. The Morgan fingerprint density at radius 3 is 2.80 bits per heavy atom. The predicted octanol–water partition coefficient (Wildman–Crippen LogP) is -0.203. The van der Waals surface area contributed by atoms with Gasteiger partial charge in [0.25, 0.3) is 0 Å². The summed E-state index contributed by atoms with van der Waals surface area (Å²) in [5.74, 6) is 0. The van der Waals surface area contributed by atoms with E-state index >= 15 is 0 Å². The summed E-state index contributed by atoms with van der Waals surface area (Å²) in [6.45, 7) is 7.39. The highest BCUT2D eigenvalue weighted by atomic mass is 15.2. The van der Waals surface area contributed by atoms with Crippen LogP contribution in [-0.4, -0.2) is 9.78 Å². The molecule has 10 heavy (non-hydrogen) atoms. The molecule has 1 aromatic rings. The first-order valence-corrected chi connectivity index (χ1v) is 3.05. The van der Waals surface area contributed by atoms with Crippen LogP contribution in [0.15, 0.2) is 18.9 Å². The molecule has 0 aliphatic rings. The first-order valence-electron chi connectivity index (χ1n) is 3.05. The van der Waals surface area contributed by atoms with E-state index in [9.17, 15) is 0 Å². The predicted molar refractivity (Wildman–Crippen MR) is 42.6 cm³/mol. The molecular formula is C8H10N2. The molecule has 0 unspecified atom stereocenters. The van der Waals surface area contributed by atoms with Crippen molar-refractivity contribution in [2.45, 2.75) is 0 Å². The summed E-state index contributed by atoms with van der Waals surface area (Å²) >= 11 is 0. The van der Waals surface area contributed by atoms with Gasteiger partial charge in [0.15, 0.2) is 0 Å². The molecular weight excluding hydrogens is 124 g/mol. The van der Waals surface area contributed by atoms with E-state index in [0.717, 1.165) is 10.6 Å². The smallest absolute Gasteiger partial charge is 0.0672 e. The van der Waals surface area contributed by atoms with Crippen LogP contribution in [0.3, 0.4) is 0 Å². The third-order valence-corrected chi connectivity index (χ3v) is 1.34. The van der Waals surface area contributed by atoms with Gasteiger partial charge in [-0.3, -0.25) is 4.68 Å². The number of rotatable bonds is 1. The molecule has 2 nitrogen and oxygen atoms in total. The lowest BCUT2D eigenvalue weighted by molar-refractivity contribution is 0.743. The van der Waals surface area contributed by atoms with Crippen molar-refractivity contribution < 1.29 is 0 Å². The largest absolute Gasteiger partial charge is 0.268 e. The second-order valence-electron chi connectivity index (χ2n) is 2.08. The van der Waals surface area contributed by atoms with E-state index in [1.807, 2.05) is 13.1 Å². The topological polar surface area (TPSA) is 17.8 Å². The van der Waals surface area contributed by atoms with Crippen LogP contribution in [0.2, 0.25) is 0 Å². The van der Waals surface area contributed by atoms with Gasteiger partial charge in [0, 0.05) is 12.3 Å². The zero-order chi connectivity index (χ0) is 7.56. The van der Waals surface area contributed by atoms with Crippen molar-refractivity contribution in [3.63, 3.8) is 0 Å². The third kappa shape index (κ3) is 1.00. The van der Waals surface area contributed by atoms with E-state index in [-0.39, 0.29) is 0 Å². The zero-order valence-electron chi connectivity index (χ0n) is 6.04. The number of nitrogens with zero attached hydrogens (tertiary/aromatic N) is 2. The number of aryl methyl sites for hydroxylation is 1. The molecule has 1 aromatic heterocycles. The second kappa shape index (κ2) is 2.52. The molecule has 1 rings (SSSR count). The van der Waals surface area contributed by atoms with Gasteiger partial charge >= 0.3 is 0 Å². The van der Waals surface area contributed by atoms with Crippen LogP contribution in [0, 0.1) is 0 Å². The van der Waals surface area contributed by atoms with Crippen molar-refractivity contribution in [2.24, 2.45) is 7.05 Å². The fraction of sp³-hybridized carbons (Fsp3) is 0.125. The van der Waals surface area contributed by atoms with Crippen molar-refractivity contribution >= 4 is 12.7 Å². The molecule has 0 atom stereocenters. The number of aromatic nitrogens is 2. The molecule has 0 aromatic carbocycles. The average molecular weight is 134 g/mol. The van der Waals surface area contributed by atoms with Crippen LogP contribution in [-0.2, 0) is 7.05 Å². The SMILES string of the molecule is C=C/C=c1\c(=C)cnn1C. The average Bonchev–Trinajstić information content (AvgIpc) is 2.20. The zero-order valence-corrected chi connectivity index (χ0v) is 6.04. The Bertz CT molecular complexity index is 333. The lowest BCUT2D eigenvalue weighted by Gasteiger charge is -1.84. The Labute approximate surface area is 59.8 Å². The molecule has 52 valence electrons. The second-order valence-corrected chi connectivity index (χ2v) is 2.08. The first-order chi connectivity index (χ1) is 4.75. The van der Waals surface area contributed by atoms with Crippen LogP contribution >= 0.6 is 0 Å². The van der Waals surface area contributed by atoms with Crippen LogP contribution < -0.4 is 10.6 Å². The molecule has 2 heteroatoms. The van der Waals surface area contributed by atoms with Gasteiger partial charge in [-0.2, -0.15) is 5.10 Å². The maximum absolute atomic E-state index is 4.01. The van der Waals surface area contributed by atoms with Crippen LogP contribution in [0.5, 0.6) is 0 Å². The van der Waals surface area contributed by atoms with Crippen LogP contribution in [0.1, 0.15) is 0 Å². The van der Waals surface area contributed by atoms with Gasteiger partial charge < -0.3 is 0 Å². The number of hydrogen-bond acceptors (Lipinski definition) is 1. The monoisotopic (exact) mass is 134 g/mol. The molecule has 1 heterocycles. The maximum atomic E-state index is 4.01. The molecule has 0 fully saturated rings. The molecule has 0 saturated heterocycles. The Hall–Kier alpha value is -1.31. The Morgan fingerprint density at radius 1 is 1.70 bits per heavy atom. The van der Waals surface area contributed by atoms with E-state index in [1.54, 1.807) is 17.0 Å². The lowest BCUT2D eigenvalue weighted by Crippen LogP contribution is -2.25. The van der Waals surface area contributed by atoms with Crippen molar-refractivity contribution in [2.75, 3.05) is 0 Å². The van der Waals surface area contributed by atoms with Gasteiger partial charge in [0.1, 0.15) is 0 Å². The maximum Gasteiger partial charge on any atom is 0.0672 e. The van der Waals surface area contributed by atoms with Crippen molar-refractivity contribution in [3.05, 3.63) is 29.4 Å². The summed E-state index contributed by atoms with van der Waals surface area (Å²) in [7, 11) is 1.88. The van der Waals surface area contributed by atoms with Gasteiger partial charge in [-0.25, -0.2) is 0 Å². The fourth-order valence-corrected chi connectivity index (χ4v) is 0.819. The van der Waals surface area contributed by atoms with Gasteiger partial charge in [-0.15, -0.1) is 0 Å². The standard InChI is InChI=1S/C8H10N2/c1-4-5-8-7(2)6-9-10(8)3/h4-6H,1-2H2,3H3/b8-5+. The van der Waals surface area contributed by atoms with E-state index in [0.29, 0.717) is 0 Å². The first kappa shape index (κ1) is 6.81. The summed E-state index contributed by atoms with van der Waals surface area (Å²) < 4.78 is 1.77. The quantitative estimate of drug-likeness (QED) is 0.520. The molecule has 0 radical (unpaired) electrons. The fourth-order valence-electron chi connectivity index (χ4n) is 0.819. The normalized spacial score (nSPS) is 11.9. The minimum atomic E-state index is 0.933. The minimum Gasteiger partial charge on any atom is -0.268 e. The van der Waals surface area contributed by atoms with E-state index in [1.165, 1.54) is 0 Å². The third-order valence-electron chi connectivity index (χ3n) is 1.34. The summed E-state index contributed by atoms with van der Waals surface area (Å²) in [5, 5.41) is 5.95.